The summed E-state index contributed by atoms with van der Waals surface area (Å²) in [7, 11) is 1.58. The highest BCUT2D eigenvalue weighted by Gasteiger charge is 2.39. The second kappa shape index (κ2) is 9.31. The van der Waals surface area contributed by atoms with Gasteiger partial charge in [0.1, 0.15) is 11.9 Å². The number of likely N-dealkylation sites (tertiary alicyclic amines) is 1. The van der Waals surface area contributed by atoms with Crippen LogP contribution in [0.1, 0.15) is 41.3 Å². The third kappa shape index (κ3) is 4.52. The Morgan fingerprint density at radius 3 is 2.81 bits per heavy atom. The lowest BCUT2D eigenvalue weighted by Gasteiger charge is -2.16. The van der Waals surface area contributed by atoms with Gasteiger partial charge in [-0.2, -0.15) is 0 Å². The Morgan fingerprint density at radius 1 is 1.16 bits per heavy atom. The van der Waals surface area contributed by atoms with Crippen molar-refractivity contribution in [3.8, 4) is 22.8 Å². The number of methoxy groups -OCH3 is 1. The highest BCUT2D eigenvalue weighted by Crippen LogP contribution is 2.40. The maximum absolute atomic E-state index is 12.9. The van der Waals surface area contributed by atoms with Crippen molar-refractivity contribution in [2.45, 2.75) is 31.5 Å². The van der Waals surface area contributed by atoms with Gasteiger partial charge in [0.2, 0.25) is 11.8 Å². The topological polar surface area (TPSA) is 116 Å². The number of anilines is 2. The summed E-state index contributed by atoms with van der Waals surface area (Å²) in [5.41, 5.74) is 4.50. The van der Waals surface area contributed by atoms with Crippen LogP contribution in [0, 0.1) is 5.92 Å². The van der Waals surface area contributed by atoms with Crippen LogP contribution >= 0.6 is 0 Å². The molecule has 4 N–H and O–H groups in total. The largest absolute Gasteiger partial charge is 0.508 e. The molecule has 0 radical (unpaired) electrons. The average Bonchev–Trinajstić information content (AvgIpc) is 3.56. The van der Waals surface area contributed by atoms with Gasteiger partial charge in [0.25, 0.3) is 5.91 Å². The van der Waals surface area contributed by atoms with Crippen LogP contribution in [-0.2, 0) is 4.79 Å². The molecule has 1 saturated heterocycles. The summed E-state index contributed by atoms with van der Waals surface area (Å²) in [6.07, 6.45) is 3.99. The third-order valence-corrected chi connectivity index (χ3v) is 7.27. The number of hydrogen-bond acceptors (Lipinski definition) is 7. The number of pyridine rings is 1. The Hall–Kier alpha value is -4.27. The lowest BCUT2D eigenvalue weighted by atomic mass is 10.0. The molecule has 9 nitrogen and oxygen atoms in total. The molecule has 0 bridgehead atoms. The summed E-state index contributed by atoms with van der Waals surface area (Å²) in [5, 5.41) is 20.4. The molecule has 9 heteroatoms. The molecular weight excluding hydrogens is 470 g/mol. The molecule has 2 fully saturated rings. The number of hydrogen-bond donors (Lipinski definition) is 4. The fourth-order valence-corrected chi connectivity index (χ4v) is 5.18. The van der Waals surface area contributed by atoms with E-state index >= 15 is 0 Å². The van der Waals surface area contributed by atoms with Crippen molar-refractivity contribution in [1.82, 2.24) is 15.2 Å². The van der Waals surface area contributed by atoms with E-state index in [0.717, 1.165) is 41.9 Å². The second-order valence-electron chi connectivity index (χ2n) is 9.87. The van der Waals surface area contributed by atoms with Gasteiger partial charge >= 0.3 is 0 Å². The van der Waals surface area contributed by atoms with Crippen LogP contribution in [0.2, 0.25) is 0 Å². The lowest BCUT2D eigenvalue weighted by molar-refractivity contribution is -0.128. The minimum Gasteiger partial charge on any atom is -0.508 e. The van der Waals surface area contributed by atoms with E-state index in [2.05, 4.69) is 20.9 Å². The van der Waals surface area contributed by atoms with Crippen LogP contribution in [-0.4, -0.2) is 53.0 Å². The van der Waals surface area contributed by atoms with Gasteiger partial charge in [-0.1, -0.05) is 6.07 Å². The van der Waals surface area contributed by atoms with E-state index < -0.39 is 0 Å². The van der Waals surface area contributed by atoms with Crippen molar-refractivity contribution in [2.75, 3.05) is 30.8 Å². The van der Waals surface area contributed by atoms with Gasteiger partial charge in [-0.25, -0.2) is 4.98 Å². The van der Waals surface area contributed by atoms with E-state index in [4.69, 9.17) is 4.74 Å². The molecule has 2 aromatic carbocycles. The minimum absolute atomic E-state index is 0.147. The van der Waals surface area contributed by atoms with E-state index in [0.29, 0.717) is 36.0 Å². The number of aromatic nitrogens is 1. The number of nitrogens with one attached hydrogen (secondary N) is 3. The number of phenols is 1. The third-order valence-electron chi connectivity index (χ3n) is 7.27. The summed E-state index contributed by atoms with van der Waals surface area (Å²) in [6.45, 7) is 1.21. The summed E-state index contributed by atoms with van der Waals surface area (Å²) in [6, 6.07) is 15.0. The van der Waals surface area contributed by atoms with E-state index in [-0.39, 0.29) is 29.6 Å². The van der Waals surface area contributed by atoms with Crippen molar-refractivity contribution < 1.29 is 19.4 Å². The van der Waals surface area contributed by atoms with Crippen molar-refractivity contribution in [3.63, 3.8) is 0 Å². The molecule has 1 aliphatic carbocycles. The van der Waals surface area contributed by atoms with E-state index in [1.165, 1.54) is 0 Å². The molecule has 2 amide bonds. The van der Waals surface area contributed by atoms with Gasteiger partial charge in [0, 0.05) is 54.4 Å². The number of phenolic OH excluding ortho intramolecular Hbond substituents is 1. The maximum Gasteiger partial charge on any atom is 0.251 e. The van der Waals surface area contributed by atoms with Gasteiger partial charge in [0.05, 0.1) is 18.5 Å². The first-order chi connectivity index (χ1) is 18.0. The lowest BCUT2D eigenvalue weighted by Crippen LogP contribution is -2.32. The molecule has 1 aromatic heterocycles. The van der Waals surface area contributed by atoms with E-state index in [9.17, 15) is 14.7 Å². The van der Waals surface area contributed by atoms with E-state index in [1.54, 1.807) is 31.5 Å². The van der Waals surface area contributed by atoms with Crippen LogP contribution < -0.4 is 20.7 Å². The van der Waals surface area contributed by atoms with E-state index in [1.807, 2.05) is 35.2 Å². The normalized spacial score (nSPS) is 20.2. The van der Waals surface area contributed by atoms with Crippen molar-refractivity contribution in [1.29, 1.82) is 0 Å². The smallest absolute Gasteiger partial charge is 0.251 e. The van der Waals surface area contributed by atoms with Gasteiger partial charge in [-0.3, -0.25) is 9.59 Å². The zero-order valence-electron chi connectivity index (χ0n) is 20.5. The number of fused-ring (bicyclic) bond motifs is 1. The van der Waals surface area contributed by atoms with Crippen molar-refractivity contribution >= 4 is 23.2 Å². The molecule has 2 aliphatic heterocycles. The van der Waals surface area contributed by atoms with Crippen LogP contribution in [0.15, 0.2) is 54.7 Å². The fraction of sp³-hybridized carbons (Fsp3) is 0.321. The first-order valence-electron chi connectivity index (χ1n) is 12.6. The number of ether oxygens (including phenoxy) is 1. The van der Waals surface area contributed by atoms with Crippen LogP contribution in [0.3, 0.4) is 0 Å². The quantitative estimate of drug-likeness (QED) is 0.391. The summed E-state index contributed by atoms with van der Waals surface area (Å²) in [4.78, 5) is 31.3. The Morgan fingerprint density at radius 2 is 2.00 bits per heavy atom. The molecule has 6 rings (SSSR count). The zero-order valence-corrected chi connectivity index (χ0v) is 20.5. The Kier molecular flexibility index (Phi) is 5.82. The number of nitrogens with zero attached hydrogens (tertiary/aromatic N) is 2. The van der Waals surface area contributed by atoms with Gasteiger partial charge in [-0.15, -0.1) is 0 Å². The number of carbonyl (C=O) groups is 2. The van der Waals surface area contributed by atoms with Crippen LogP contribution in [0.25, 0.3) is 11.1 Å². The highest BCUT2D eigenvalue weighted by molar-refractivity contribution is 5.97. The minimum atomic E-state index is -0.381. The number of benzene rings is 2. The molecule has 2 unspecified atom stereocenters. The molecular formula is C28H29N5O4. The number of aromatic hydroxyl groups is 1. The van der Waals surface area contributed by atoms with Gasteiger partial charge in [0.15, 0.2) is 0 Å². The molecule has 2 atom stereocenters. The zero-order chi connectivity index (χ0) is 25.5. The molecule has 37 heavy (non-hydrogen) atoms. The van der Waals surface area contributed by atoms with Crippen molar-refractivity contribution in [2.24, 2.45) is 5.92 Å². The second-order valence-corrected chi connectivity index (χ2v) is 9.87. The Labute approximate surface area is 214 Å². The highest BCUT2D eigenvalue weighted by atomic mass is 16.5. The first kappa shape index (κ1) is 23.1. The number of rotatable bonds is 7. The number of amides is 2. The molecule has 0 spiro atoms. The average molecular weight is 500 g/mol. The molecule has 1 saturated carbocycles. The Balaban J connectivity index is 1.14. The summed E-state index contributed by atoms with van der Waals surface area (Å²) >= 11 is 0. The maximum atomic E-state index is 12.9. The monoisotopic (exact) mass is 499 g/mol. The molecule has 3 aromatic rings. The predicted octanol–water partition coefficient (Wildman–Crippen LogP) is 3.74. The fourth-order valence-electron chi connectivity index (χ4n) is 5.18. The summed E-state index contributed by atoms with van der Waals surface area (Å²) < 4.78 is 5.40. The van der Waals surface area contributed by atoms with Gasteiger partial charge < -0.3 is 30.7 Å². The van der Waals surface area contributed by atoms with Gasteiger partial charge in [-0.05, 0) is 60.9 Å². The Bertz CT molecular complexity index is 1370. The first-order valence-corrected chi connectivity index (χ1v) is 12.6. The summed E-state index contributed by atoms with van der Waals surface area (Å²) in [5.74, 6) is 0.847. The van der Waals surface area contributed by atoms with Crippen LogP contribution in [0.5, 0.6) is 11.6 Å². The molecule has 3 heterocycles. The predicted molar refractivity (Wildman–Crippen MR) is 139 cm³/mol. The standard InChI is InChI=1S/C28H29N5O4/c1-37-28-20(3-2-10-29-28)17-5-9-24(34)21(12-17)26-31-22-8-4-18(13-23(22)32-26)27(36)30-14-16-11-25(35)33(15-16)19-6-7-19/h2-5,8-10,12-13,16,19,26,31-32,34H,6-7,11,14-15H2,1H3,(H,30,36). The number of carbonyl (C=O) groups excluding carboxylic acids is 2. The molecule has 3 aliphatic rings. The van der Waals surface area contributed by atoms with Crippen molar-refractivity contribution in [3.05, 3.63) is 65.9 Å². The molecule has 190 valence electrons. The SMILES string of the molecule is COc1ncccc1-c1ccc(O)c(C2Nc3ccc(C(=O)NCC4CC(=O)N(C5CC5)C4)cc3N2)c1. The van der Waals surface area contributed by atoms with Crippen LogP contribution in [0.4, 0.5) is 11.4 Å².